The van der Waals surface area contributed by atoms with Gasteiger partial charge in [0.25, 0.3) is 0 Å². The highest BCUT2D eigenvalue weighted by Crippen LogP contribution is 2.17. The Hall–Kier alpha value is -1.83. The smallest absolute Gasteiger partial charge is 0.189 e. The summed E-state index contributed by atoms with van der Waals surface area (Å²) < 4.78 is 1.96. The van der Waals surface area contributed by atoms with Crippen LogP contribution in [0.5, 0.6) is 0 Å². The highest BCUT2D eigenvalue weighted by atomic mass is 16.1. The first-order valence-electron chi connectivity index (χ1n) is 4.92. The van der Waals surface area contributed by atoms with Gasteiger partial charge in [-0.2, -0.15) is 0 Å². The lowest BCUT2D eigenvalue weighted by atomic mass is 10.0. The van der Waals surface area contributed by atoms with Crippen molar-refractivity contribution in [1.29, 1.82) is 0 Å². The van der Waals surface area contributed by atoms with E-state index in [0.717, 1.165) is 16.8 Å². The molecule has 1 heterocycles. The van der Waals surface area contributed by atoms with Gasteiger partial charge in [0, 0.05) is 30.6 Å². The first kappa shape index (κ1) is 9.71. The average molecular weight is 199 g/mol. The van der Waals surface area contributed by atoms with E-state index in [9.17, 15) is 4.79 Å². The minimum Gasteiger partial charge on any atom is -0.354 e. The van der Waals surface area contributed by atoms with Gasteiger partial charge in [0.15, 0.2) is 5.43 Å². The van der Waals surface area contributed by atoms with Crippen molar-refractivity contribution < 1.29 is 0 Å². The summed E-state index contributed by atoms with van der Waals surface area (Å²) in [6, 6.07) is 11.4. The normalized spacial score (nSPS) is 10.3. The lowest BCUT2D eigenvalue weighted by Crippen LogP contribution is -2.10. The van der Waals surface area contributed by atoms with Crippen LogP contribution in [-0.4, -0.2) is 4.57 Å². The second kappa shape index (κ2) is 3.73. The van der Waals surface area contributed by atoms with Crippen molar-refractivity contribution in [3.8, 4) is 11.1 Å². The molecule has 0 saturated heterocycles. The standard InChI is InChI=1S/C13H13NO/c1-10-13(11-6-4-3-5-7-11)12(15)8-9-14(10)2/h3-9H,1-2H3. The number of rotatable bonds is 1. The van der Waals surface area contributed by atoms with Gasteiger partial charge in [0.05, 0.1) is 0 Å². The van der Waals surface area contributed by atoms with Crippen molar-refractivity contribution in [2.75, 3.05) is 0 Å². The van der Waals surface area contributed by atoms with Crippen molar-refractivity contribution in [2.45, 2.75) is 6.92 Å². The van der Waals surface area contributed by atoms with Crippen LogP contribution in [0.2, 0.25) is 0 Å². The van der Waals surface area contributed by atoms with E-state index in [0.29, 0.717) is 0 Å². The van der Waals surface area contributed by atoms with E-state index in [1.165, 1.54) is 0 Å². The summed E-state index contributed by atoms with van der Waals surface area (Å²) in [6.07, 6.45) is 1.80. The quantitative estimate of drug-likeness (QED) is 0.691. The first-order valence-corrected chi connectivity index (χ1v) is 4.92. The number of pyridine rings is 1. The maximum Gasteiger partial charge on any atom is 0.189 e. The molecule has 15 heavy (non-hydrogen) atoms. The molecule has 0 aliphatic rings. The molecule has 0 fully saturated rings. The summed E-state index contributed by atoms with van der Waals surface area (Å²) in [7, 11) is 1.95. The summed E-state index contributed by atoms with van der Waals surface area (Å²) in [5, 5.41) is 0. The van der Waals surface area contributed by atoms with E-state index in [1.807, 2.05) is 48.9 Å². The molecule has 0 amide bonds. The summed E-state index contributed by atoms with van der Waals surface area (Å²) in [5.41, 5.74) is 2.85. The van der Waals surface area contributed by atoms with Crippen LogP contribution in [0, 0.1) is 6.92 Å². The highest BCUT2D eigenvalue weighted by molar-refractivity contribution is 5.65. The highest BCUT2D eigenvalue weighted by Gasteiger charge is 2.06. The van der Waals surface area contributed by atoms with E-state index in [2.05, 4.69) is 0 Å². The van der Waals surface area contributed by atoms with Gasteiger partial charge in [0.2, 0.25) is 0 Å². The molecule has 0 spiro atoms. The molecule has 2 heteroatoms. The third kappa shape index (κ3) is 1.71. The Morgan fingerprint density at radius 3 is 2.40 bits per heavy atom. The van der Waals surface area contributed by atoms with Crippen LogP contribution >= 0.6 is 0 Å². The van der Waals surface area contributed by atoms with Gasteiger partial charge in [-0.05, 0) is 12.5 Å². The lowest BCUT2D eigenvalue weighted by molar-refractivity contribution is 0.856. The SMILES string of the molecule is Cc1c(-c2ccccc2)c(=O)ccn1C. The Morgan fingerprint density at radius 2 is 1.73 bits per heavy atom. The zero-order valence-corrected chi connectivity index (χ0v) is 8.90. The predicted octanol–water partition coefficient (Wildman–Crippen LogP) is 2.36. The molecule has 2 aromatic rings. The second-order valence-corrected chi connectivity index (χ2v) is 3.62. The zero-order chi connectivity index (χ0) is 10.8. The average Bonchev–Trinajstić information content (AvgIpc) is 2.26. The molecule has 0 N–H and O–H groups in total. The van der Waals surface area contributed by atoms with E-state index in [1.54, 1.807) is 12.3 Å². The van der Waals surface area contributed by atoms with Crippen LogP contribution in [0.15, 0.2) is 47.4 Å². The molecule has 0 aliphatic heterocycles. The van der Waals surface area contributed by atoms with E-state index >= 15 is 0 Å². The third-order valence-corrected chi connectivity index (χ3v) is 2.65. The molecule has 0 unspecified atom stereocenters. The van der Waals surface area contributed by atoms with Crippen LogP contribution in [0.25, 0.3) is 11.1 Å². The molecule has 2 rings (SSSR count). The Labute approximate surface area is 88.8 Å². The van der Waals surface area contributed by atoms with Gasteiger partial charge >= 0.3 is 0 Å². The van der Waals surface area contributed by atoms with Gasteiger partial charge in [-0.25, -0.2) is 0 Å². The van der Waals surface area contributed by atoms with Crippen molar-refractivity contribution >= 4 is 0 Å². The molecule has 1 aromatic heterocycles. The second-order valence-electron chi connectivity index (χ2n) is 3.62. The molecule has 0 aliphatic carbocycles. The number of benzene rings is 1. The number of aromatic nitrogens is 1. The van der Waals surface area contributed by atoms with Gasteiger partial charge in [-0.1, -0.05) is 30.3 Å². The maximum absolute atomic E-state index is 11.8. The van der Waals surface area contributed by atoms with Crippen molar-refractivity contribution in [1.82, 2.24) is 4.57 Å². The Morgan fingerprint density at radius 1 is 1.07 bits per heavy atom. The Kier molecular flexibility index (Phi) is 2.42. The van der Waals surface area contributed by atoms with Gasteiger partial charge < -0.3 is 4.57 Å². The molecule has 0 saturated carbocycles. The Bertz CT molecular complexity index is 526. The summed E-state index contributed by atoms with van der Waals surface area (Å²) in [6.45, 7) is 1.96. The Balaban J connectivity index is 2.73. The fourth-order valence-corrected chi connectivity index (χ4v) is 1.69. The van der Waals surface area contributed by atoms with Crippen molar-refractivity contribution in [3.05, 3.63) is 58.5 Å². The van der Waals surface area contributed by atoms with Crippen LogP contribution in [0.1, 0.15) is 5.69 Å². The predicted molar refractivity (Wildman–Crippen MR) is 61.9 cm³/mol. The minimum atomic E-state index is 0.0804. The molecule has 76 valence electrons. The van der Waals surface area contributed by atoms with Gasteiger partial charge in [0.1, 0.15) is 0 Å². The molecule has 1 aromatic carbocycles. The van der Waals surface area contributed by atoms with Gasteiger partial charge in [-0.15, -0.1) is 0 Å². The summed E-state index contributed by atoms with van der Waals surface area (Å²) >= 11 is 0. The van der Waals surface area contributed by atoms with Crippen LogP contribution in [0.3, 0.4) is 0 Å². The number of aryl methyl sites for hydroxylation is 1. The number of hydrogen-bond acceptors (Lipinski definition) is 1. The van der Waals surface area contributed by atoms with E-state index in [4.69, 9.17) is 0 Å². The molecular weight excluding hydrogens is 186 g/mol. The summed E-state index contributed by atoms with van der Waals surface area (Å²) in [4.78, 5) is 11.8. The topological polar surface area (TPSA) is 22.0 Å². The molecule has 0 atom stereocenters. The van der Waals surface area contributed by atoms with Crippen molar-refractivity contribution in [3.63, 3.8) is 0 Å². The monoisotopic (exact) mass is 199 g/mol. The molecule has 0 bridgehead atoms. The lowest BCUT2D eigenvalue weighted by Gasteiger charge is -2.09. The molecule has 0 radical (unpaired) electrons. The first-order chi connectivity index (χ1) is 7.20. The third-order valence-electron chi connectivity index (χ3n) is 2.65. The minimum absolute atomic E-state index is 0.0804. The van der Waals surface area contributed by atoms with Gasteiger partial charge in [-0.3, -0.25) is 4.79 Å². The maximum atomic E-state index is 11.8. The fourth-order valence-electron chi connectivity index (χ4n) is 1.69. The van der Waals surface area contributed by atoms with E-state index in [-0.39, 0.29) is 5.43 Å². The van der Waals surface area contributed by atoms with E-state index < -0.39 is 0 Å². The number of hydrogen-bond donors (Lipinski definition) is 0. The zero-order valence-electron chi connectivity index (χ0n) is 8.90. The summed E-state index contributed by atoms with van der Waals surface area (Å²) in [5.74, 6) is 0. The van der Waals surface area contributed by atoms with Crippen LogP contribution in [-0.2, 0) is 7.05 Å². The van der Waals surface area contributed by atoms with Crippen LogP contribution in [0.4, 0.5) is 0 Å². The van der Waals surface area contributed by atoms with Crippen LogP contribution < -0.4 is 5.43 Å². The largest absolute Gasteiger partial charge is 0.354 e. The molecular formula is C13H13NO. The number of nitrogens with zero attached hydrogens (tertiary/aromatic N) is 1. The molecule has 2 nitrogen and oxygen atoms in total. The fraction of sp³-hybridized carbons (Fsp3) is 0.154. The van der Waals surface area contributed by atoms with Crippen molar-refractivity contribution in [2.24, 2.45) is 7.05 Å².